The van der Waals surface area contributed by atoms with E-state index in [1.54, 1.807) is 18.9 Å². The van der Waals surface area contributed by atoms with Gasteiger partial charge in [0, 0.05) is 11.8 Å². The quantitative estimate of drug-likeness (QED) is 0.874. The second kappa shape index (κ2) is 5.25. The smallest absolute Gasteiger partial charge is 0.157 e. The molecule has 1 atom stereocenters. The van der Waals surface area contributed by atoms with Crippen molar-refractivity contribution in [2.75, 3.05) is 13.7 Å². The van der Waals surface area contributed by atoms with Gasteiger partial charge in [-0.1, -0.05) is 30.8 Å². The molecule has 86 valence electrons. The van der Waals surface area contributed by atoms with Gasteiger partial charge in [-0.15, -0.1) is 0 Å². The second-order valence-electron chi connectivity index (χ2n) is 3.78. The van der Waals surface area contributed by atoms with Crippen LogP contribution in [0.1, 0.15) is 12.5 Å². The number of nitrogens with one attached hydrogen (secondary N) is 1. The monoisotopic (exact) mass is 236 g/mol. The molecule has 1 aliphatic rings. The maximum atomic E-state index is 5.18. The molecule has 0 aromatic heterocycles. The van der Waals surface area contributed by atoms with Crippen LogP contribution in [0, 0.1) is 0 Å². The minimum absolute atomic E-state index is 0.604. The predicted molar refractivity (Wildman–Crippen MR) is 69.2 cm³/mol. The standard InChI is InChI=1S/C12H16N2OS/c1-9-7-13-12(16-9)14-8-10-4-3-5-11(6-10)15-2/h3-6,9H,7-8H2,1-2H3,(H,13,14). The van der Waals surface area contributed by atoms with Crippen molar-refractivity contribution in [3.05, 3.63) is 29.8 Å². The Morgan fingerprint density at radius 3 is 3.12 bits per heavy atom. The first kappa shape index (κ1) is 11.3. The first-order chi connectivity index (χ1) is 7.78. The molecule has 1 aromatic carbocycles. The molecule has 2 rings (SSSR count). The molecule has 0 bridgehead atoms. The van der Waals surface area contributed by atoms with Gasteiger partial charge < -0.3 is 10.1 Å². The molecule has 4 heteroatoms. The van der Waals surface area contributed by atoms with Gasteiger partial charge in [-0.2, -0.15) is 0 Å². The summed E-state index contributed by atoms with van der Waals surface area (Å²) >= 11 is 1.80. The molecule has 1 unspecified atom stereocenters. The average molecular weight is 236 g/mol. The Labute approximate surface area is 100 Å². The predicted octanol–water partition coefficient (Wildman–Crippen LogP) is 2.28. The number of ether oxygens (including phenoxy) is 1. The zero-order valence-electron chi connectivity index (χ0n) is 9.56. The molecule has 1 aromatic rings. The van der Waals surface area contributed by atoms with Crippen LogP contribution in [0.4, 0.5) is 0 Å². The number of hydrogen-bond acceptors (Lipinski definition) is 4. The lowest BCUT2D eigenvalue weighted by molar-refractivity contribution is 0.414. The van der Waals surface area contributed by atoms with E-state index >= 15 is 0 Å². The number of methoxy groups -OCH3 is 1. The van der Waals surface area contributed by atoms with E-state index in [4.69, 9.17) is 4.74 Å². The number of hydrogen-bond donors (Lipinski definition) is 1. The summed E-state index contributed by atoms with van der Waals surface area (Å²) in [6.07, 6.45) is 0. The van der Waals surface area contributed by atoms with Gasteiger partial charge in [-0.05, 0) is 17.7 Å². The van der Waals surface area contributed by atoms with Crippen molar-refractivity contribution in [2.24, 2.45) is 4.99 Å². The first-order valence-electron chi connectivity index (χ1n) is 5.36. The van der Waals surface area contributed by atoms with E-state index in [-0.39, 0.29) is 0 Å². The lowest BCUT2D eigenvalue weighted by atomic mass is 10.2. The Bertz CT molecular complexity index is 392. The lowest BCUT2D eigenvalue weighted by Gasteiger charge is -2.07. The van der Waals surface area contributed by atoms with E-state index in [0.29, 0.717) is 5.25 Å². The molecule has 0 aliphatic carbocycles. The normalized spacial score (nSPS) is 19.4. The number of rotatable bonds is 3. The van der Waals surface area contributed by atoms with E-state index in [1.807, 2.05) is 18.2 Å². The molecule has 0 fully saturated rings. The topological polar surface area (TPSA) is 33.6 Å². The molecule has 1 N–H and O–H groups in total. The van der Waals surface area contributed by atoms with E-state index in [2.05, 4.69) is 23.3 Å². The zero-order chi connectivity index (χ0) is 11.4. The van der Waals surface area contributed by atoms with Gasteiger partial charge >= 0.3 is 0 Å². The van der Waals surface area contributed by atoms with E-state index in [9.17, 15) is 0 Å². The van der Waals surface area contributed by atoms with Crippen LogP contribution in [0.25, 0.3) is 0 Å². The number of amidine groups is 1. The molecule has 0 saturated heterocycles. The van der Waals surface area contributed by atoms with E-state index < -0.39 is 0 Å². The van der Waals surface area contributed by atoms with Crippen LogP contribution in [-0.4, -0.2) is 24.1 Å². The maximum absolute atomic E-state index is 5.18. The first-order valence-corrected chi connectivity index (χ1v) is 6.24. The van der Waals surface area contributed by atoms with Crippen LogP contribution in [0.2, 0.25) is 0 Å². The Morgan fingerprint density at radius 2 is 2.44 bits per heavy atom. The SMILES string of the molecule is COc1cccc(CNC2=NCC(C)S2)c1. The van der Waals surface area contributed by atoms with Gasteiger partial charge in [0.05, 0.1) is 13.7 Å². The van der Waals surface area contributed by atoms with Gasteiger partial charge in [0.1, 0.15) is 5.75 Å². The van der Waals surface area contributed by atoms with Crippen molar-refractivity contribution in [3.8, 4) is 5.75 Å². The molecule has 0 spiro atoms. The van der Waals surface area contributed by atoms with Crippen molar-refractivity contribution in [1.29, 1.82) is 0 Å². The Kier molecular flexibility index (Phi) is 3.72. The average Bonchev–Trinajstić information content (AvgIpc) is 2.73. The van der Waals surface area contributed by atoms with Crippen LogP contribution in [0.5, 0.6) is 5.75 Å². The minimum Gasteiger partial charge on any atom is -0.497 e. The lowest BCUT2D eigenvalue weighted by Crippen LogP contribution is -2.18. The van der Waals surface area contributed by atoms with Crippen molar-refractivity contribution in [2.45, 2.75) is 18.7 Å². The van der Waals surface area contributed by atoms with Gasteiger partial charge in [0.15, 0.2) is 5.17 Å². The molecule has 1 heterocycles. The van der Waals surface area contributed by atoms with Crippen molar-refractivity contribution < 1.29 is 4.74 Å². The van der Waals surface area contributed by atoms with Gasteiger partial charge in [0.25, 0.3) is 0 Å². The van der Waals surface area contributed by atoms with Crippen LogP contribution >= 0.6 is 11.8 Å². The largest absolute Gasteiger partial charge is 0.497 e. The molecule has 3 nitrogen and oxygen atoms in total. The summed E-state index contributed by atoms with van der Waals surface area (Å²) in [5.74, 6) is 0.897. The van der Waals surface area contributed by atoms with E-state index in [1.165, 1.54) is 5.56 Å². The Morgan fingerprint density at radius 1 is 1.56 bits per heavy atom. The summed E-state index contributed by atoms with van der Waals surface area (Å²) in [5, 5.41) is 4.99. The number of benzene rings is 1. The summed E-state index contributed by atoms with van der Waals surface area (Å²) in [6.45, 7) is 3.91. The molecule has 0 amide bonds. The fraction of sp³-hybridized carbons (Fsp3) is 0.417. The summed E-state index contributed by atoms with van der Waals surface area (Å²) in [7, 11) is 1.69. The summed E-state index contributed by atoms with van der Waals surface area (Å²) in [6, 6.07) is 8.07. The maximum Gasteiger partial charge on any atom is 0.157 e. The van der Waals surface area contributed by atoms with E-state index in [0.717, 1.165) is 24.0 Å². The number of aliphatic imine (C=N–C) groups is 1. The molecular formula is C12H16N2OS. The highest BCUT2D eigenvalue weighted by molar-refractivity contribution is 8.14. The van der Waals surface area contributed by atoms with Crippen LogP contribution < -0.4 is 10.1 Å². The Balaban J connectivity index is 1.89. The summed E-state index contributed by atoms with van der Waals surface area (Å²) in [4.78, 5) is 4.41. The van der Waals surface area contributed by atoms with Gasteiger partial charge in [0.2, 0.25) is 0 Å². The van der Waals surface area contributed by atoms with Crippen molar-refractivity contribution in [3.63, 3.8) is 0 Å². The van der Waals surface area contributed by atoms with Crippen LogP contribution in [0.3, 0.4) is 0 Å². The third kappa shape index (κ3) is 2.92. The molecule has 16 heavy (non-hydrogen) atoms. The molecule has 1 aliphatic heterocycles. The minimum atomic E-state index is 0.604. The number of thioether (sulfide) groups is 1. The zero-order valence-corrected chi connectivity index (χ0v) is 10.4. The highest BCUT2D eigenvalue weighted by atomic mass is 32.2. The van der Waals surface area contributed by atoms with Crippen molar-refractivity contribution in [1.82, 2.24) is 5.32 Å². The molecule has 0 saturated carbocycles. The third-order valence-electron chi connectivity index (χ3n) is 2.38. The highest BCUT2D eigenvalue weighted by Gasteiger charge is 2.13. The summed E-state index contributed by atoms with van der Waals surface area (Å²) < 4.78 is 5.18. The summed E-state index contributed by atoms with van der Waals surface area (Å²) in [5.41, 5.74) is 1.21. The fourth-order valence-electron chi connectivity index (χ4n) is 1.53. The van der Waals surface area contributed by atoms with Gasteiger partial charge in [-0.25, -0.2) is 0 Å². The fourth-order valence-corrected chi connectivity index (χ4v) is 2.37. The highest BCUT2D eigenvalue weighted by Crippen LogP contribution is 2.19. The second-order valence-corrected chi connectivity index (χ2v) is 5.21. The van der Waals surface area contributed by atoms with Crippen LogP contribution in [-0.2, 0) is 6.54 Å². The van der Waals surface area contributed by atoms with Crippen LogP contribution in [0.15, 0.2) is 29.3 Å². The third-order valence-corrected chi connectivity index (χ3v) is 3.43. The van der Waals surface area contributed by atoms with Crippen molar-refractivity contribution >= 4 is 16.9 Å². The Hall–Kier alpha value is -1.16. The molecule has 0 radical (unpaired) electrons. The number of nitrogens with zero attached hydrogens (tertiary/aromatic N) is 1. The van der Waals surface area contributed by atoms with Gasteiger partial charge in [-0.3, -0.25) is 4.99 Å². The molecular weight excluding hydrogens is 220 g/mol.